The number of aromatic nitrogens is 3. The van der Waals surface area contributed by atoms with E-state index in [9.17, 15) is 4.79 Å². The minimum atomic E-state index is -0.00683. The fourth-order valence-electron chi connectivity index (χ4n) is 2.70. The van der Waals surface area contributed by atoms with E-state index in [1.807, 2.05) is 36.7 Å². The van der Waals surface area contributed by atoms with Crippen molar-refractivity contribution in [2.24, 2.45) is 7.05 Å². The summed E-state index contributed by atoms with van der Waals surface area (Å²) in [6, 6.07) is 10.1. The summed E-state index contributed by atoms with van der Waals surface area (Å²) in [6.07, 6.45) is 2.46. The third-order valence-corrected chi connectivity index (χ3v) is 5.26. The SMILES string of the molecule is Cc1ccccc1CCNC(=O)CSc1nnc(-c2ccoc2C)n1C. The van der Waals surface area contributed by atoms with E-state index >= 15 is 0 Å². The molecular formula is C19H22N4O2S. The van der Waals surface area contributed by atoms with Gasteiger partial charge in [-0.15, -0.1) is 10.2 Å². The monoisotopic (exact) mass is 370 g/mol. The van der Waals surface area contributed by atoms with E-state index in [4.69, 9.17) is 4.42 Å². The van der Waals surface area contributed by atoms with Gasteiger partial charge in [0.2, 0.25) is 5.91 Å². The van der Waals surface area contributed by atoms with Crippen LogP contribution in [0, 0.1) is 13.8 Å². The van der Waals surface area contributed by atoms with Gasteiger partial charge in [0, 0.05) is 13.6 Å². The van der Waals surface area contributed by atoms with Crippen molar-refractivity contribution in [2.75, 3.05) is 12.3 Å². The number of nitrogens with zero attached hydrogens (tertiary/aromatic N) is 3. The van der Waals surface area contributed by atoms with Crippen LogP contribution in [0.15, 0.2) is 46.2 Å². The van der Waals surface area contributed by atoms with Gasteiger partial charge in [-0.1, -0.05) is 36.0 Å². The number of carbonyl (C=O) groups is 1. The fraction of sp³-hybridized carbons (Fsp3) is 0.316. The molecule has 1 N–H and O–H groups in total. The van der Waals surface area contributed by atoms with Crippen molar-refractivity contribution in [1.29, 1.82) is 0 Å². The van der Waals surface area contributed by atoms with Crippen molar-refractivity contribution in [3.63, 3.8) is 0 Å². The fourth-order valence-corrected chi connectivity index (χ4v) is 3.44. The van der Waals surface area contributed by atoms with Gasteiger partial charge in [-0.25, -0.2) is 0 Å². The molecule has 0 bridgehead atoms. The Balaban J connectivity index is 1.50. The summed E-state index contributed by atoms with van der Waals surface area (Å²) in [7, 11) is 1.89. The smallest absolute Gasteiger partial charge is 0.230 e. The zero-order chi connectivity index (χ0) is 18.5. The summed E-state index contributed by atoms with van der Waals surface area (Å²) in [5.41, 5.74) is 3.42. The number of aryl methyl sites for hydroxylation is 2. The number of rotatable bonds is 7. The largest absolute Gasteiger partial charge is 0.469 e. The molecule has 0 aliphatic heterocycles. The van der Waals surface area contributed by atoms with Crippen LogP contribution >= 0.6 is 11.8 Å². The van der Waals surface area contributed by atoms with Gasteiger partial charge in [0.15, 0.2) is 11.0 Å². The highest BCUT2D eigenvalue weighted by Gasteiger charge is 2.15. The zero-order valence-corrected chi connectivity index (χ0v) is 16.0. The normalized spacial score (nSPS) is 10.9. The van der Waals surface area contributed by atoms with Crippen molar-refractivity contribution in [3.8, 4) is 11.4 Å². The molecular weight excluding hydrogens is 348 g/mol. The highest BCUT2D eigenvalue weighted by molar-refractivity contribution is 7.99. The number of nitrogens with one attached hydrogen (secondary N) is 1. The van der Waals surface area contributed by atoms with Crippen LogP contribution in [0.3, 0.4) is 0 Å². The number of carbonyl (C=O) groups excluding carboxylic acids is 1. The average molecular weight is 370 g/mol. The molecule has 136 valence electrons. The lowest BCUT2D eigenvalue weighted by Crippen LogP contribution is -2.27. The lowest BCUT2D eigenvalue weighted by molar-refractivity contribution is -0.118. The molecule has 3 aromatic rings. The summed E-state index contributed by atoms with van der Waals surface area (Å²) < 4.78 is 7.20. The number of hydrogen-bond acceptors (Lipinski definition) is 5. The summed E-state index contributed by atoms with van der Waals surface area (Å²) in [4.78, 5) is 12.1. The Bertz CT molecular complexity index is 901. The quantitative estimate of drug-likeness (QED) is 0.647. The van der Waals surface area contributed by atoms with Crippen LogP contribution in [0.2, 0.25) is 0 Å². The van der Waals surface area contributed by atoms with Gasteiger partial charge in [0.1, 0.15) is 5.76 Å². The van der Waals surface area contributed by atoms with E-state index in [1.165, 1.54) is 22.9 Å². The molecule has 0 fully saturated rings. The molecule has 2 aromatic heterocycles. The molecule has 1 amide bonds. The van der Waals surface area contributed by atoms with Crippen LogP contribution in [0.5, 0.6) is 0 Å². The summed E-state index contributed by atoms with van der Waals surface area (Å²) in [6.45, 7) is 4.60. The highest BCUT2D eigenvalue weighted by Crippen LogP contribution is 2.25. The van der Waals surface area contributed by atoms with E-state index in [0.29, 0.717) is 17.5 Å². The van der Waals surface area contributed by atoms with Gasteiger partial charge in [-0.05, 0) is 37.5 Å². The molecule has 0 saturated carbocycles. The first-order chi connectivity index (χ1) is 12.6. The molecule has 0 spiro atoms. The van der Waals surface area contributed by atoms with Gasteiger partial charge in [-0.3, -0.25) is 4.79 Å². The maximum Gasteiger partial charge on any atom is 0.230 e. The topological polar surface area (TPSA) is 73.0 Å². The van der Waals surface area contributed by atoms with E-state index in [-0.39, 0.29) is 5.91 Å². The second-order valence-corrected chi connectivity index (χ2v) is 7.01. The first kappa shape index (κ1) is 18.3. The highest BCUT2D eigenvalue weighted by atomic mass is 32.2. The Hall–Kier alpha value is -2.54. The van der Waals surface area contributed by atoms with E-state index in [1.54, 1.807) is 6.26 Å². The molecule has 7 heteroatoms. The molecule has 0 atom stereocenters. The summed E-state index contributed by atoms with van der Waals surface area (Å²) >= 11 is 1.38. The first-order valence-electron chi connectivity index (χ1n) is 8.44. The summed E-state index contributed by atoms with van der Waals surface area (Å²) in [5, 5.41) is 12.1. The molecule has 0 radical (unpaired) electrons. The third kappa shape index (κ3) is 4.16. The Labute approximate surface area is 157 Å². The van der Waals surface area contributed by atoms with Gasteiger partial charge >= 0.3 is 0 Å². The lowest BCUT2D eigenvalue weighted by Gasteiger charge is -2.07. The maximum atomic E-state index is 12.1. The standard InChI is InChI=1S/C19H22N4O2S/c1-13-6-4-5-7-15(13)8-10-20-17(24)12-26-19-22-21-18(23(19)3)16-9-11-25-14(16)2/h4-7,9,11H,8,10,12H2,1-3H3,(H,20,24). The molecule has 0 unspecified atom stereocenters. The van der Waals surface area contributed by atoms with Crippen molar-refractivity contribution >= 4 is 17.7 Å². The number of thioether (sulfide) groups is 1. The number of hydrogen-bond donors (Lipinski definition) is 1. The summed E-state index contributed by atoms with van der Waals surface area (Å²) in [5.74, 6) is 1.83. The predicted octanol–water partition coefficient (Wildman–Crippen LogP) is 3.14. The Morgan fingerprint density at radius 2 is 2.04 bits per heavy atom. The predicted molar refractivity (Wildman–Crippen MR) is 102 cm³/mol. The van der Waals surface area contributed by atoms with Crippen molar-refractivity contribution in [1.82, 2.24) is 20.1 Å². The van der Waals surface area contributed by atoms with Gasteiger partial charge < -0.3 is 14.3 Å². The van der Waals surface area contributed by atoms with Crippen molar-refractivity contribution in [3.05, 3.63) is 53.5 Å². The van der Waals surface area contributed by atoms with Crippen molar-refractivity contribution < 1.29 is 9.21 Å². The molecule has 0 aliphatic rings. The van der Waals surface area contributed by atoms with Crippen LogP contribution in [-0.4, -0.2) is 33.0 Å². The molecule has 26 heavy (non-hydrogen) atoms. The molecule has 3 rings (SSSR count). The molecule has 1 aromatic carbocycles. The van der Waals surface area contributed by atoms with Gasteiger partial charge in [0.25, 0.3) is 0 Å². The third-order valence-electron chi connectivity index (χ3n) is 4.24. The minimum absolute atomic E-state index is 0.00683. The van der Waals surface area contributed by atoms with Gasteiger partial charge in [0.05, 0.1) is 17.6 Å². The number of benzene rings is 1. The van der Waals surface area contributed by atoms with Gasteiger partial charge in [-0.2, -0.15) is 0 Å². The minimum Gasteiger partial charge on any atom is -0.469 e. The average Bonchev–Trinajstić information content (AvgIpc) is 3.20. The first-order valence-corrected chi connectivity index (χ1v) is 9.42. The van der Waals surface area contributed by atoms with Crippen LogP contribution < -0.4 is 5.32 Å². The van der Waals surface area contributed by atoms with E-state index in [0.717, 1.165) is 23.6 Å². The maximum absolute atomic E-state index is 12.1. The molecule has 6 nitrogen and oxygen atoms in total. The zero-order valence-electron chi connectivity index (χ0n) is 15.2. The number of amides is 1. The van der Waals surface area contributed by atoms with E-state index in [2.05, 4.69) is 34.6 Å². The second-order valence-electron chi connectivity index (χ2n) is 6.07. The molecule has 0 saturated heterocycles. The van der Waals surface area contributed by atoms with Crippen molar-refractivity contribution in [2.45, 2.75) is 25.4 Å². The Kier molecular flexibility index (Phi) is 5.78. The van der Waals surface area contributed by atoms with Crippen LogP contribution in [0.1, 0.15) is 16.9 Å². The van der Waals surface area contributed by atoms with E-state index < -0.39 is 0 Å². The molecule has 2 heterocycles. The Morgan fingerprint density at radius 3 is 2.77 bits per heavy atom. The van der Waals surface area contributed by atoms with Crippen LogP contribution in [0.25, 0.3) is 11.4 Å². The Morgan fingerprint density at radius 1 is 1.23 bits per heavy atom. The second kappa shape index (κ2) is 8.23. The molecule has 0 aliphatic carbocycles. The van der Waals surface area contributed by atoms with Crippen LogP contribution in [-0.2, 0) is 18.3 Å². The number of furan rings is 1. The lowest BCUT2D eigenvalue weighted by atomic mass is 10.1. The van der Waals surface area contributed by atoms with Crippen LogP contribution in [0.4, 0.5) is 0 Å².